The second kappa shape index (κ2) is 6.23. The van der Waals surface area contributed by atoms with Crippen LogP contribution in [0.25, 0.3) is 10.9 Å². The van der Waals surface area contributed by atoms with Crippen molar-refractivity contribution in [3.63, 3.8) is 0 Å². The van der Waals surface area contributed by atoms with Crippen molar-refractivity contribution < 1.29 is 14.7 Å². The molecular formula is C15H18N2O3. The first-order valence-corrected chi connectivity index (χ1v) is 6.65. The lowest BCUT2D eigenvalue weighted by Gasteiger charge is -2.08. The number of rotatable bonds is 6. The third-order valence-electron chi connectivity index (χ3n) is 3.27. The third-order valence-corrected chi connectivity index (χ3v) is 3.27. The van der Waals surface area contributed by atoms with Gasteiger partial charge < -0.3 is 15.4 Å². The van der Waals surface area contributed by atoms with Crippen molar-refractivity contribution in [1.29, 1.82) is 0 Å². The molecule has 2 aromatic rings. The van der Waals surface area contributed by atoms with E-state index in [1.54, 1.807) is 0 Å². The molecule has 0 aliphatic rings. The standard InChI is InChI=1S/C15H18N2O3/c1-10(15(19)20)17-14(18)8-4-5-11-9-16-13-7-3-2-6-12(11)13/h2-3,6-7,9-10,16H,4-5,8H2,1H3,(H,17,18)(H,19,20). The minimum atomic E-state index is -1.02. The summed E-state index contributed by atoms with van der Waals surface area (Å²) in [6, 6.07) is 7.19. The molecule has 2 rings (SSSR count). The lowest BCUT2D eigenvalue weighted by atomic mass is 10.1. The minimum absolute atomic E-state index is 0.222. The van der Waals surface area contributed by atoms with Crippen LogP contribution in [0.4, 0.5) is 0 Å². The van der Waals surface area contributed by atoms with Crippen LogP contribution in [0.2, 0.25) is 0 Å². The number of H-pyrrole nitrogens is 1. The highest BCUT2D eigenvalue weighted by molar-refractivity contribution is 5.84. The number of hydrogen-bond acceptors (Lipinski definition) is 2. The van der Waals surface area contributed by atoms with Gasteiger partial charge in [0.25, 0.3) is 0 Å². The molecule has 0 radical (unpaired) electrons. The maximum atomic E-state index is 11.6. The Hall–Kier alpha value is -2.30. The van der Waals surface area contributed by atoms with E-state index in [0.29, 0.717) is 12.8 Å². The molecule has 0 bridgehead atoms. The SMILES string of the molecule is CC(NC(=O)CCCc1c[nH]c2ccccc12)C(=O)O. The molecule has 0 saturated heterocycles. The van der Waals surface area contributed by atoms with E-state index in [2.05, 4.69) is 10.3 Å². The molecule has 0 spiro atoms. The van der Waals surface area contributed by atoms with E-state index in [-0.39, 0.29) is 5.91 Å². The Labute approximate surface area is 117 Å². The van der Waals surface area contributed by atoms with E-state index in [1.807, 2.05) is 30.5 Å². The molecule has 0 fully saturated rings. The number of para-hydroxylation sites is 1. The predicted octanol–water partition coefficient (Wildman–Crippen LogP) is 2.08. The molecule has 1 atom stereocenters. The molecule has 5 heteroatoms. The molecule has 3 N–H and O–H groups in total. The zero-order valence-corrected chi connectivity index (χ0v) is 11.3. The Kier molecular flexibility index (Phi) is 4.40. The average molecular weight is 274 g/mol. The first kappa shape index (κ1) is 14.1. The van der Waals surface area contributed by atoms with E-state index in [9.17, 15) is 9.59 Å². The normalized spacial score (nSPS) is 12.2. The van der Waals surface area contributed by atoms with Crippen molar-refractivity contribution in [2.45, 2.75) is 32.2 Å². The molecular weight excluding hydrogens is 256 g/mol. The summed E-state index contributed by atoms with van der Waals surface area (Å²) in [6.45, 7) is 1.46. The number of carboxylic acid groups (broad SMARTS) is 1. The number of carboxylic acids is 1. The molecule has 20 heavy (non-hydrogen) atoms. The number of carbonyl (C=O) groups excluding carboxylic acids is 1. The van der Waals surface area contributed by atoms with E-state index in [0.717, 1.165) is 11.9 Å². The van der Waals surface area contributed by atoms with Gasteiger partial charge in [0.1, 0.15) is 6.04 Å². The van der Waals surface area contributed by atoms with Gasteiger partial charge in [0, 0.05) is 23.5 Å². The molecule has 0 aliphatic heterocycles. The fraction of sp³-hybridized carbons (Fsp3) is 0.333. The number of aliphatic carboxylic acids is 1. The van der Waals surface area contributed by atoms with Crippen LogP contribution in [-0.4, -0.2) is 28.0 Å². The quantitative estimate of drug-likeness (QED) is 0.754. The summed E-state index contributed by atoms with van der Waals surface area (Å²) in [5.74, 6) is -1.24. The molecule has 1 unspecified atom stereocenters. The van der Waals surface area contributed by atoms with Crippen molar-refractivity contribution in [2.75, 3.05) is 0 Å². The summed E-state index contributed by atoms with van der Waals surface area (Å²) < 4.78 is 0. The van der Waals surface area contributed by atoms with Crippen LogP contribution in [0.5, 0.6) is 0 Å². The lowest BCUT2D eigenvalue weighted by Crippen LogP contribution is -2.38. The zero-order chi connectivity index (χ0) is 14.5. The Balaban J connectivity index is 1.84. The van der Waals surface area contributed by atoms with Gasteiger partial charge in [-0.25, -0.2) is 0 Å². The Morgan fingerprint density at radius 2 is 2.10 bits per heavy atom. The molecule has 106 valence electrons. The van der Waals surface area contributed by atoms with E-state index in [1.165, 1.54) is 17.9 Å². The number of aryl methyl sites for hydroxylation is 1. The highest BCUT2D eigenvalue weighted by Crippen LogP contribution is 2.19. The average Bonchev–Trinajstić information content (AvgIpc) is 2.82. The largest absolute Gasteiger partial charge is 0.480 e. The van der Waals surface area contributed by atoms with Gasteiger partial charge >= 0.3 is 5.97 Å². The van der Waals surface area contributed by atoms with Crippen LogP contribution < -0.4 is 5.32 Å². The van der Waals surface area contributed by atoms with Gasteiger partial charge in [0.05, 0.1) is 0 Å². The predicted molar refractivity (Wildman–Crippen MR) is 76.5 cm³/mol. The van der Waals surface area contributed by atoms with Gasteiger partial charge in [0.2, 0.25) is 5.91 Å². The summed E-state index contributed by atoms with van der Waals surface area (Å²) in [5, 5.41) is 12.3. The fourth-order valence-electron chi connectivity index (χ4n) is 2.15. The van der Waals surface area contributed by atoms with E-state index < -0.39 is 12.0 Å². The van der Waals surface area contributed by atoms with Crippen molar-refractivity contribution >= 4 is 22.8 Å². The van der Waals surface area contributed by atoms with Gasteiger partial charge in [-0.15, -0.1) is 0 Å². The van der Waals surface area contributed by atoms with Gasteiger partial charge in [-0.1, -0.05) is 18.2 Å². The summed E-state index contributed by atoms with van der Waals surface area (Å²) in [7, 11) is 0. The van der Waals surface area contributed by atoms with Crippen molar-refractivity contribution in [2.24, 2.45) is 0 Å². The highest BCUT2D eigenvalue weighted by atomic mass is 16.4. The number of aromatic amines is 1. The molecule has 5 nitrogen and oxygen atoms in total. The third kappa shape index (κ3) is 3.38. The lowest BCUT2D eigenvalue weighted by molar-refractivity contribution is -0.141. The summed E-state index contributed by atoms with van der Waals surface area (Å²) in [4.78, 5) is 25.4. The van der Waals surface area contributed by atoms with Crippen molar-refractivity contribution in [3.8, 4) is 0 Å². The molecule has 1 aromatic carbocycles. The summed E-state index contributed by atoms with van der Waals surface area (Å²) >= 11 is 0. The molecule has 1 heterocycles. The second-order valence-corrected chi connectivity index (χ2v) is 4.84. The van der Waals surface area contributed by atoms with Gasteiger partial charge in [-0.2, -0.15) is 0 Å². The van der Waals surface area contributed by atoms with Crippen LogP contribution in [0.1, 0.15) is 25.3 Å². The van der Waals surface area contributed by atoms with Gasteiger partial charge in [-0.05, 0) is 31.4 Å². The number of fused-ring (bicyclic) bond motifs is 1. The Bertz CT molecular complexity index is 618. The van der Waals surface area contributed by atoms with Crippen LogP contribution in [-0.2, 0) is 16.0 Å². The summed E-state index contributed by atoms with van der Waals surface area (Å²) in [6.07, 6.45) is 3.78. The first-order chi connectivity index (χ1) is 9.58. The second-order valence-electron chi connectivity index (χ2n) is 4.84. The number of amides is 1. The maximum absolute atomic E-state index is 11.6. The minimum Gasteiger partial charge on any atom is -0.480 e. The van der Waals surface area contributed by atoms with E-state index >= 15 is 0 Å². The number of benzene rings is 1. The Morgan fingerprint density at radius 1 is 1.35 bits per heavy atom. The van der Waals surface area contributed by atoms with E-state index in [4.69, 9.17) is 5.11 Å². The number of hydrogen-bond donors (Lipinski definition) is 3. The molecule has 0 saturated carbocycles. The molecule has 0 aliphatic carbocycles. The number of carbonyl (C=O) groups is 2. The van der Waals surface area contributed by atoms with Crippen LogP contribution in [0.3, 0.4) is 0 Å². The molecule has 1 aromatic heterocycles. The maximum Gasteiger partial charge on any atom is 0.325 e. The van der Waals surface area contributed by atoms with Crippen LogP contribution in [0, 0.1) is 0 Å². The van der Waals surface area contributed by atoms with Crippen LogP contribution in [0.15, 0.2) is 30.5 Å². The number of aromatic nitrogens is 1. The highest BCUT2D eigenvalue weighted by Gasteiger charge is 2.13. The smallest absolute Gasteiger partial charge is 0.325 e. The van der Waals surface area contributed by atoms with Crippen molar-refractivity contribution in [1.82, 2.24) is 10.3 Å². The van der Waals surface area contributed by atoms with Gasteiger partial charge in [-0.3, -0.25) is 9.59 Å². The van der Waals surface area contributed by atoms with Gasteiger partial charge in [0.15, 0.2) is 0 Å². The first-order valence-electron chi connectivity index (χ1n) is 6.65. The topological polar surface area (TPSA) is 82.2 Å². The fourth-order valence-corrected chi connectivity index (χ4v) is 2.15. The zero-order valence-electron chi connectivity index (χ0n) is 11.3. The monoisotopic (exact) mass is 274 g/mol. The Morgan fingerprint density at radius 3 is 2.85 bits per heavy atom. The van der Waals surface area contributed by atoms with Crippen molar-refractivity contribution in [3.05, 3.63) is 36.0 Å². The summed E-state index contributed by atoms with van der Waals surface area (Å²) in [5.41, 5.74) is 2.27. The molecule has 1 amide bonds. The number of nitrogens with one attached hydrogen (secondary N) is 2. The van der Waals surface area contributed by atoms with Crippen LogP contribution >= 0.6 is 0 Å².